The maximum Gasteiger partial charge on any atom is 0.472 e. The molecule has 0 aliphatic carbocycles. The largest absolute Gasteiger partial charge is 0.472 e. The monoisotopic (exact) mass is 1050 g/mol. The van der Waals surface area contributed by atoms with Crippen molar-refractivity contribution in [1.82, 2.24) is 5.32 Å². The molecule has 0 rings (SSSR count). The highest BCUT2D eigenvalue weighted by Crippen LogP contribution is 2.43. The Kier molecular flexibility index (Phi) is 52.8. The van der Waals surface area contributed by atoms with Gasteiger partial charge in [0.2, 0.25) is 5.91 Å². The number of nitrogens with zero attached hydrogens (tertiary/aromatic N) is 1. The first-order valence-electron chi connectivity index (χ1n) is 30.3. The zero-order valence-corrected chi connectivity index (χ0v) is 49.4. The molecule has 0 spiro atoms. The number of quaternary nitrogens is 1. The number of aliphatic hydroxyl groups excluding tert-OH is 1. The Hall–Kier alpha value is -2.84. The zero-order chi connectivity index (χ0) is 54.2. The lowest BCUT2D eigenvalue weighted by molar-refractivity contribution is -0.870. The molecule has 3 N–H and O–H groups in total. The van der Waals surface area contributed by atoms with Gasteiger partial charge < -0.3 is 19.8 Å². The summed E-state index contributed by atoms with van der Waals surface area (Å²) in [5, 5.41) is 14.0. The van der Waals surface area contributed by atoms with Crippen LogP contribution in [0.15, 0.2) is 109 Å². The van der Waals surface area contributed by atoms with Gasteiger partial charge >= 0.3 is 7.82 Å². The Bertz CT molecular complexity index is 1570. The predicted octanol–water partition coefficient (Wildman–Crippen LogP) is 18.8. The lowest BCUT2D eigenvalue weighted by Crippen LogP contribution is -2.46. The van der Waals surface area contributed by atoms with E-state index in [-0.39, 0.29) is 19.1 Å². The number of carbonyl (C=O) groups excluding carboxylic acids is 1. The number of rotatable bonds is 54. The van der Waals surface area contributed by atoms with E-state index in [0.717, 1.165) is 83.5 Å². The van der Waals surface area contributed by atoms with Crippen molar-refractivity contribution in [3.8, 4) is 0 Å². The van der Waals surface area contributed by atoms with Gasteiger partial charge in [-0.1, -0.05) is 271 Å². The second kappa shape index (κ2) is 54.9. The van der Waals surface area contributed by atoms with E-state index in [9.17, 15) is 19.4 Å². The van der Waals surface area contributed by atoms with E-state index in [1.54, 1.807) is 0 Å². The third-order valence-electron chi connectivity index (χ3n) is 13.0. The molecule has 0 aliphatic rings. The molecule has 426 valence electrons. The Balaban J connectivity index is 4.30. The smallest absolute Gasteiger partial charge is 0.391 e. The van der Waals surface area contributed by atoms with Crippen LogP contribution in [0.5, 0.6) is 0 Å². The summed E-state index contributed by atoms with van der Waals surface area (Å²) >= 11 is 0. The number of phosphoric ester groups is 1. The maximum absolute atomic E-state index is 13.0. The Morgan fingerprint density at radius 3 is 1.14 bits per heavy atom. The van der Waals surface area contributed by atoms with E-state index in [0.29, 0.717) is 30.3 Å². The molecule has 0 aromatic heterocycles. The molecule has 9 heteroatoms. The standard InChI is InChI=1S/C65H115N2O6P/c1-6-8-10-12-14-16-18-20-22-24-26-28-30-31-32-33-34-35-37-39-41-43-45-47-49-51-53-55-57-59-65(69)66-63(62-73-74(70,71)72-61-60-67(3,4)5)64(68)58-56-54-52-50-48-46-44-42-40-38-36-29-27-25-23-21-19-17-15-13-11-9-7-2/h8,10,14,16,20,22,26,28,31-32,34-35,39,41,45,47,51,53,63-64,68H,6-7,9,11-13,15,17-19,21,23-25,27,29-30,33,36-38,40,42-44,46,48-50,52,54-62H2,1-5H3,(H-,66,69,70,71)/p+1/b10-8-,16-14-,22-20-,28-26-,32-31-,35-34-,41-39-,47-45-,53-51-. The molecule has 0 saturated heterocycles. The molecule has 1 amide bonds. The number of hydrogen-bond acceptors (Lipinski definition) is 5. The van der Waals surface area contributed by atoms with Gasteiger partial charge in [0.25, 0.3) is 0 Å². The molecule has 0 aromatic rings. The number of phosphoric acid groups is 1. The fourth-order valence-corrected chi connectivity index (χ4v) is 9.08. The molecule has 74 heavy (non-hydrogen) atoms. The van der Waals surface area contributed by atoms with Crippen molar-refractivity contribution in [2.75, 3.05) is 40.9 Å². The summed E-state index contributed by atoms with van der Waals surface area (Å²) in [6.45, 7) is 4.74. The second-order valence-corrected chi connectivity index (χ2v) is 22.8. The molecule has 0 heterocycles. The van der Waals surface area contributed by atoms with Gasteiger partial charge in [-0.15, -0.1) is 0 Å². The van der Waals surface area contributed by atoms with Crippen molar-refractivity contribution < 1.29 is 32.9 Å². The lowest BCUT2D eigenvalue weighted by atomic mass is 10.0. The first-order chi connectivity index (χ1) is 36.0. The molecule has 0 saturated carbocycles. The number of hydrogen-bond donors (Lipinski definition) is 3. The van der Waals surface area contributed by atoms with Crippen molar-refractivity contribution in [2.24, 2.45) is 0 Å². The van der Waals surface area contributed by atoms with Crippen LogP contribution in [0.1, 0.15) is 245 Å². The van der Waals surface area contributed by atoms with Crippen LogP contribution in [0.3, 0.4) is 0 Å². The maximum atomic E-state index is 13.0. The van der Waals surface area contributed by atoms with Crippen molar-refractivity contribution in [3.63, 3.8) is 0 Å². The summed E-state index contributed by atoms with van der Waals surface area (Å²) in [5.74, 6) is -0.204. The predicted molar refractivity (Wildman–Crippen MR) is 322 cm³/mol. The zero-order valence-electron chi connectivity index (χ0n) is 48.5. The molecule has 8 nitrogen and oxygen atoms in total. The average molecular weight is 1050 g/mol. The molecule has 0 aromatic carbocycles. The van der Waals surface area contributed by atoms with Crippen molar-refractivity contribution >= 4 is 13.7 Å². The van der Waals surface area contributed by atoms with Gasteiger partial charge in [-0.05, 0) is 77.0 Å². The topological polar surface area (TPSA) is 105 Å². The SMILES string of the molecule is CC/C=C\C/C=C\C/C=C\C/C=C\C/C=C\C/C=C\C/C=C\C/C=C\C/C=C\CCCC(=O)NC(COP(=O)(O)OCC[N+](C)(C)C)C(O)CCCCCCCCCCCCCCCCCCCCCCCCC. The summed E-state index contributed by atoms with van der Waals surface area (Å²) in [5.41, 5.74) is 0. The van der Waals surface area contributed by atoms with Crippen LogP contribution in [-0.4, -0.2) is 73.4 Å². The summed E-state index contributed by atoms with van der Waals surface area (Å²) in [4.78, 5) is 23.3. The molecule has 3 unspecified atom stereocenters. The van der Waals surface area contributed by atoms with Crippen molar-refractivity contribution in [1.29, 1.82) is 0 Å². The Labute approximate surface area is 457 Å². The Morgan fingerprint density at radius 1 is 0.473 bits per heavy atom. The number of carbonyl (C=O) groups is 1. The number of allylic oxidation sites excluding steroid dienone is 18. The highest BCUT2D eigenvalue weighted by molar-refractivity contribution is 7.47. The van der Waals surface area contributed by atoms with Crippen LogP contribution >= 0.6 is 7.82 Å². The lowest BCUT2D eigenvalue weighted by Gasteiger charge is -2.26. The van der Waals surface area contributed by atoms with Gasteiger partial charge in [-0.2, -0.15) is 0 Å². The van der Waals surface area contributed by atoms with Crippen LogP contribution in [0.4, 0.5) is 0 Å². The Morgan fingerprint density at radius 2 is 0.797 bits per heavy atom. The van der Waals surface area contributed by atoms with E-state index < -0.39 is 20.0 Å². The van der Waals surface area contributed by atoms with Crippen molar-refractivity contribution in [3.05, 3.63) is 109 Å². The number of nitrogens with one attached hydrogen (secondary N) is 1. The average Bonchev–Trinajstić information content (AvgIpc) is 3.36. The second-order valence-electron chi connectivity index (χ2n) is 21.3. The van der Waals surface area contributed by atoms with Gasteiger partial charge in [0, 0.05) is 6.42 Å². The minimum Gasteiger partial charge on any atom is -0.391 e. The van der Waals surface area contributed by atoms with Gasteiger partial charge in [0.15, 0.2) is 0 Å². The highest BCUT2D eigenvalue weighted by atomic mass is 31.2. The highest BCUT2D eigenvalue weighted by Gasteiger charge is 2.28. The van der Waals surface area contributed by atoms with Crippen LogP contribution in [0.25, 0.3) is 0 Å². The summed E-state index contributed by atoms with van der Waals surface area (Å²) in [6, 6.07) is -0.801. The quantitative estimate of drug-likeness (QED) is 0.0243. The fraction of sp³-hybridized carbons (Fsp3) is 0.708. The first kappa shape index (κ1) is 71.2. The number of likely N-dealkylation sites (N-methyl/N-ethyl adjacent to an activating group) is 1. The molecule has 0 fully saturated rings. The normalized spacial score (nSPS) is 14.6. The minimum absolute atomic E-state index is 0.0580. The van der Waals surface area contributed by atoms with E-state index in [2.05, 4.69) is 129 Å². The number of amides is 1. The third kappa shape index (κ3) is 56.9. The van der Waals surface area contributed by atoms with E-state index >= 15 is 0 Å². The molecular formula is C65H116N2O6P+. The molecule has 3 atom stereocenters. The van der Waals surface area contributed by atoms with Crippen LogP contribution in [-0.2, 0) is 18.4 Å². The van der Waals surface area contributed by atoms with Crippen molar-refractivity contribution in [2.45, 2.75) is 257 Å². The van der Waals surface area contributed by atoms with Gasteiger partial charge in [-0.3, -0.25) is 13.8 Å². The summed E-state index contributed by atoms with van der Waals surface area (Å²) in [6.07, 6.45) is 80.2. The van der Waals surface area contributed by atoms with E-state index in [1.165, 1.54) is 128 Å². The van der Waals surface area contributed by atoms with Gasteiger partial charge in [-0.25, -0.2) is 4.57 Å². The molecule has 0 bridgehead atoms. The van der Waals surface area contributed by atoms with Crippen LogP contribution in [0, 0.1) is 0 Å². The van der Waals surface area contributed by atoms with E-state index in [1.807, 2.05) is 21.1 Å². The van der Waals surface area contributed by atoms with Gasteiger partial charge in [0.05, 0.1) is 39.9 Å². The fourth-order valence-electron chi connectivity index (χ4n) is 8.34. The summed E-state index contributed by atoms with van der Waals surface area (Å²) < 4.78 is 23.8. The number of aliphatic hydroxyl groups is 1. The first-order valence-corrected chi connectivity index (χ1v) is 31.7. The summed E-state index contributed by atoms with van der Waals surface area (Å²) in [7, 11) is 1.57. The van der Waals surface area contributed by atoms with Crippen LogP contribution in [0.2, 0.25) is 0 Å². The molecule has 0 aliphatic heterocycles. The van der Waals surface area contributed by atoms with Gasteiger partial charge in [0.1, 0.15) is 13.2 Å². The van der Waals surface area contributed by atoms with E-state index in [4.69, 9.17) is 9.05 Å². The van der Waals surface area contributed by atoms with Crippen LogP contribution < -0.4 is 5.32 Å². The minimum atomic E-state index is -4.35. The number of unbranched alkanes of at least 4 members (excludes halogenated alkanes) is 23. The molecule has 0 radical (unpaired) electrons. The third-order valence-corrected chi connectivity index (χ3v) is 14.0. The molecular weight excluding hydrogens is 936 g/mol.